The molecule has 3 aromatic rings. The number of rotatable bonds is 3. The number of carbonyl (C=O) groups excluding carboxylic acids is 2. The van der Waals surface area contributed by atoms with Gasteiger partial charge in [0.15, 0.2) is 11.6 Å². The van der Waals surface area contributed by atoms with Crippen molar-refractivity contribution in [2.45, 2.75) is 0 Å². The molecule has 0 spiro atoms. The molecule has 122 valence electrons. The SMILES string of the molecule is COC(=O)c1cc2cc(NC(=O)c3cccc(F)c3F)cnc2[nH]1. The Balaban J connectivity index is 1.88. The summed E-state index contributed by atoms with van der Waals surface area (Å²) in [4.78, 5) is 30.4. The van der Waals surface area contributed by atoms with E-state index in [-0.39, 0.29) is 11.4 Å². The van der Waals surface area contributed by atoms with E-state index in [1.807, 2.05) is 0 Å². The van der Waals surface area contributed by atoms with Crippen molar-refractivity contribution in [3.05, 3.63) is 59.4 Å². The Kier molecular flexibility index (Phi) is 3.95. The maximum absolute atomic E-state index is 13.6. The lowest BCUT2D eigenvalue weighted by Gasteiger charge is -2.06. The van der Waals surface area contributed by atoms with Crippen LogP contribution in [0.15, 0.2) is 36.5 Å². The highest BCUT2D eigenvalue weighted by molar-refractivity contribution is 6.05. The van der Waals surface area contributed by atoms with Crippen LogP contribution in [-0.2, 0) is 4.74 Å². The summed E-state index contributed by atoms with van der Waals surface area (Å²) in [6, 6.07) is 6.38. The van der Waals surface area contributed by atoms with Gasteiger partial charge in [0, 0.05) is 5.39 Å². The summed E-state index contributed by atoms with van der Waals surface area (Å²) in [6.07, 6.45) is 1.33. The second kappa shape index (κ2) is 6.07. The fraction of sp³-hybridized carbons (Fsp3) is 0.0625. The Bertz CT molecular complexity index is 953. The molecule has 0 atom stereocenters. The van der Waals surface area contributed by atoms with E-state index < -0.39 is 29.1 Å². The molecule has 0 radical (unpaired) electrons. The van der Waals surface area contributed by atoms with Crippen molar-refractivity contribution in [3.63, 3.8) is 0 Å². The van der Waals surface area contributed by atoms with Crippen molar-refractivity contribution >= 4 is 28.6 Å². The first-order valence-corrected chi connectivity index (χ1v) is 6.82. The Morgan fingerprint density at radius 1 is 1.25 bits per heavy atom. The molecule has 3 rings (SSSR count). The molecule has 0 aliphatic heterocycles. The summed E-state index contributed by atoms with van der Waals surface area (Å²) >= 11 is 0. The van der Waals surface area contributed by atoms with Crippen LogP contribution >= 0.6 is 0 Å². The fourth-order valence-corrected chi connectivity index (χ4v) is 2.18. The van der Waals surface area contributed by atoms with Crippen LogP contribution in [0.2, 0.25) is 0 Å². The Morgan fingerprint density at radius 3 is 2.79 bits per heavy atom. The lowest BCUT2D eigenvalue weighted by molar-refractivity contribution is 0.0595. The number of halogens is 2. The molecule has 1 amide bonds. The first kappa shape index (κ1) is 15.6. The van der Waals surface area contributed by atoms with Gasteiger partial charge in [0.05, 0.1) is 24.6 Å². The highest BCUT2D eigenvalue weighted by Gasteiger charge is 2.16. The predicted octanol–water partition coefficient (Wildman–Crippen LogP) is 2.88. The molecule has 1 aromatic carbocycles. The molecular weight excluding hydrogens is 320 g/mol. The molecule has 0 saturated heterocycles. The number of aromatic amines is 1. The molecule has 2 heterocycles. The average molecular weight is 331 g/mol. The van der Waals surface area contributed by atoms with Crippen LogP contribution in [0.1, 0.15) is 20.8 Å². The first-order chi connectivity index (χ1) is 11.5. The highest BCUT2D eigenvalue weighted by atomic mass is 19.2. The fourth-order valence-electron chi connectivity index (χ4n) is 2.18. The monoisotopic (exact) mass is 331 g/mol. The van der Waals surface area contributed by atoms with E-state index in [2.05, 4.69) is 20.0 Å². The van der Waals surface area contributed by atoms with Gasteiger partial charge in [-0.2, -0.15) is 0 Å². The second-order valence-electron chi connectivity index (χ2n) is 4.89. The van der Waals surface area contributed by atoms with Crippen LogP contribution in [-0.4, -0.2) is 29.0 Å². The summed E-state index contributed by atoms with van der Waals surface area (Å²) < 4.78 is 31.4. The van der Waals surface area contributed by atoms with Gasteiger partial charge < -0.3 is 15.0 Å². The number of H-pyrrole nitrogens is 1. The van der Waals surface area contributed by atoms with Crippen LogP contribution in [0, 0.1) is 11.6 Å². The molecule has 2 aromatic heterocycles. The van der Waals surface area contributed by atoms with Gasteiger partial charge in [-0.25, -0.2) is 18.6 Å². The smallest absolute Gasteiger partial charge is 0.354 e. The first-order valence-electron chi connectivity index (χ1n) is 6.82. The zero-order valence-electron chi connectivity index (χ0n) is 12.4. The van der Waals surface area contributed by atoms with Crippen molar-refractivity contribution in [2.24, 2.45) is 0 Å². The number of carbonyl (C=O) groups is 2. The number of ether oxygens (including phenoxy) is 1. The van der Waals surface area contributed by atoms with Gasteiger partial charge in [-0.1, -0.05) is 6.07 Å². The summed E-state index contributed by atoms with van der Waals surface area (Å²) in [6.45, 7) is 0. The van der Waals surface area contributed by atoms with Gasteiger partial charge in [0.2, 0.25) is 0 Å². The van der Waals surface area contributed by atoms with Crippen molar-refractivity contribution < 1.29 is 23.1 Å². The molecule has 2 N–H and O–H groups in total. The third-order valence-electron chi connectivity index (χ3n) is 3.33. The van der Waals surface area contributed by atoms with E-state index in [0.717, 1.165) is 6.07 Å². The second-order valence-corrected chi connectivity index (χ2v) is 4.89. The third kappa shape index (κ3) is 2.81. The molecular formula is C16H11F2N3O3. The number of esters is 1. The summed E-state index contributed by atoms with van der Waals surface area (Å²) in [5.74, 6) is -3.69. The van der Waals surface area contributed by atoms with Crippen molar-refractivity contribution in [1.82, 2.24) is 9.97 Å². The molecule has 0 aliphatic carbocycles. The molecule has 0 fully saturated rings. The number of hydrogen-bond acceptors (Lipinski definition) is 4. The van der Waals surface area contributed by atoms with Crippen LogP contribution in [0.3, 0.4) is 0 Å². The van der Waals surface area contributed by atoms with E-state index >= 15 is 0 Å². The van der Waals surface area contributed by atoms with Gasteiger partial charge >= 0.3 is 5.97 Å². The number of nitrogens with zero attached hydrogens (tertiary/aromatic N) is 1. The minimum atomic E-state index is -1.22. The number of aromatic nitrogens is 2. The van der Waals surface area contributed by atoms with E-state index in [0.29, 0.717) is 11.0 Å². The number of pyridine rings is 1. The molecule has 8 heteroatoms. The van der Waals surface area contributed by atoms with Crippen LogP contribution in [0.5, 0.6) is 0 Å². The van der Waals surface area contributed by atoms with E-state index in [1.54, 1.807) is 6.07 Å². The van der Waals surface area contributed by atoms with E-state index in [1.165, 1.54) is 31.5 Å². The molecule has 0 saturated carbocycles. The molecule has 0 bridgehead atoms. The molecule has 24 heavy (non-hydrogen) atoms. The number of hydrogen-bond donors (Lipinski definition) is 2. The lowest BCUT2D eigenvalue weighted by Crippen LogP contribution is -2.14. The van der Waals surface area contributed by atoms with Gasteiger partial charge in [-0.15, -0.1) is 0 Å². The standard InChI is InChI=1S/C16H11F2N3O3/c1-24-16(23)12-6-8-5-9(7-19-14(8)21-12)20-15(22)10-3-2-4-11(17)13(10)18/h2-7H,1H3,(H,19,21)(H,20,22). The molecule has 0 unspecified atom stereocenters. The van der Waals surface area contributed by atoms with Gasteiger partial charge in [-0.3, -0.25) is 4.79 Å². The maximum atomic E-state index is 13.6. The van der Waals surface area contributed by atoms with Gasteiger partial charge in [-0.05, 0) is 24.3 Å². The predicted molar refractivity (Wildman–Crippen MR) is 81.7 cm³/mol. The van der Waals surface area contributed by atoms with E-state index in [9.17, 15) is 18.4 Å². The zero-order chi connectivity index (χ0) is 17.3. The number of amides is 1. The highest BCUT2D eigenvalue weighted by Crippen LogP contribution is 2.19. The van der Waals surface area contributed by atoms with Crippen molar-refractivity contribution in [3.8, 4) is 0 Å². The van der Waals surface area contributed by atoms with Crippen molar-refractivity contribution in [1.29, 1.82) is 0 Å². The Hall–Kier alpha value is -3.29. The van der Waals surface area contributed by atoms with Crippen LogP contribution < -0.4 is 5.32 Å². The van der Waals surface area contributed by atoms with E-state index in [4.69, 9.17) is 0 Å². The number of methoxy groups -OCH3 is 1. The summed E-state index contributed by atoms with van der Waals surface area (Å²) in [5.41, 5.74) is 0.482. The van der Waals surface area contributed by atoms with Gasteiger partial charge in [0.1, 0.15) is 11.3 Å². The minimum absolute atomic E-state index is 0.208. The normalized spacial score (nSPS) is 10.6. The zero-order valence-corrected chi connectivity index (χ0v) is 12.4. The average Bonchev–Trinajstić information content (AvgIpc) is 2.99. The summed E-state index contributed by atoms with van der Waals surface area (Å²) in [5, 5.41) is 2.98. The van der Waals surface area contributed by atoms with Crippen LogP contribution in [0.25, 0.3) is 11.0 Å². The lowest BCUT2D eigenvalue weighted by atomic mass is 10.2. The number of fused-ring (bicyclic) bond motifs is 1. The largest absolute Gasteiger partial charge is 0.464 e. The third-order valence-corrected chi connectivity index (χ3v) is 3.33. The number of benzene rings is 1. The minimum Gasteiger partial charge on any atom is -0.464 e. The topological polar surface area (TPSA) is 84.1 Å². The van der Waals surface area contributed by atoms with Crippen molar-refractivity contribution in [2.75, 3.05) is 12.4 Å². The molecule has 0 aliphatic rings. The quantitative estimate of drug-likeness (QED) is 0.723. The Labute approximate surface area is 134 Å². The number of anilines is 1. The molecule has 6 nitrogen and oxygen atoms in total. The van der Waals surface area contributed by atoms with Crippen LogP contribution in [0.4, 0.5) is 14.5 Å². The maximum Gasteiger partial charge on any atom is 0.354 e. The summed E-state index contributed by atoms with van der Waals surface area (Å²) in [7, 11) is 1.25. The number of nitrogens with one attached hydrogen (secondary N) is 2. The van der Waals surface area contributed by atoms with Gasteiger partial charge in [0.25, 0.3) is 5.91 Å². The Morgan fingerprint density at radius 2 is 2.04 bits per heavy atom.